The molecule has 0 saturated heterocycles. The van der Waals surface area contributed by atoms with Gasteiger partial charge in [-0.25, -0.2) is 4.57 Å². The predicted octanol–water partition coefficient (Wildman–Crippen LogP) is 10.2. The lowest BCUT2D eigenvalue weighted by Gasteiger charge is -2.18. The number of hydrogen-bond donors (Lipinski definition) is 2. The van der Waals surface area contributed by atoms with Crippen molar-refractivity contribution >= 4 is 25.5 Å². The Morgan fingerprint density at radius 3 is 1.88 bits per heavy atom. The standard InChI is InChI=1S/C39H67O9P/c1-4-5-6-7-8-9-10-11-12-16-19-22-25-29-36(40)30-27-32-38(41)46-33-37(34-47-49(43,44)45)48-39(42)31-26-23-20-17-14-13-15-18-21-24-28-35(2)3/h8-9,11-12,19,22,25,29,35,37H,4-7,10,13-18,20-21,23-24,26-28,30-34H2,1-3H3,(H2,43,44,45)/b9-8-,12-11-,22-19-,29-25+/t37-/m1/s1. The van der Waals surface area contributed by atoms with Crippen LogP contribution in [0, 0.1) is 5.92 Å². The molecule has 0 aromatic carbocycles. The number of carbonyl (C=O) groups is 3. The molecule has 0 spiro atoms. The first-order valence-electron chi connectivity index (χ1n) is 18.7. The number of phosphoric ester groups is 1. The summed E-state index contributed by atoms with van der Waals surface area (Å²) in [6.07, 6.45) is 34.2. The molecule has 0 fully saturated rings. The number of ketones is 1. The molecule has 0 rings (SSSR count). The number of carbonyl (C=O) groups excluding carboxylic acids is 3. The average Bonchev–Trinajstić information content (AvgIpc) is 3.04. The van der Waals surface area contributed by atoms with E-state index in [1.165, 1.54) is 70.3 Å². The Bertz CT molecular complexity index is 1010. The Hall–Kier alpha value is -2.32. The monoisotopic (exact) mass is 710 g/mol. The third kappa shape index (κ3) is 36.8. The minimum Gasteiger partial charge on any atom is -0.462 e. The first-order valence-corrected chi connectivity index (χ1v) is 20.3. The molecule has 282 valence electrons. The number of hydrogen-bond acceptors (Lipinski definition) is 7. The molecule has 0 unspecified atom stereocenters. The van der Waals surface area contributed by atoms with E-state index in [-0.39, 0.29) is 31.5 Å². The van der Waals surface area contributed by atoms with E-state index >= 15 is 0 Å². The lowest BCUT2D eigenvalue weighted by molar-refractivity contribution is -0.161. The van der Waals surface area contributed by atoms with E-state index in [0.717, 1.165) is 44.4 Å². The summed E-state index contributed by atoms with van der Waals surface area (Å²) in [6, 6.07) is 0. The molecule has 0 saturated carbocycles. The van der Waals surface area contributed by atoms with Gasteiger partial charge in [-0.15, -0.1) is 0 Å². The van der Waals surface area contributed by atoms with Crippen molar-refractivity contribution in [2.45, 2.75) is 162 Å². The van der Waals surface area contributed by atoms with E-state index in [1.807, 2.05) is 12.2 Å². The summed E-state index contributed by atoms with van der Waals surface area (Å²) in [6.45, 7) is 5.72. The Morgan fingerprint density at radius 1 is 0.653 bits per heavy atom. The summed E-state index contributed by atoms with van der Waals surface area (Å²) in [5.74, 6) is -0.474. The van der Waals surface area contributed by atoms with Crippen LogP contribution in [0.25, 0.3) is 0 Å². The number of rotatable bonds is 33. The number of allylic oxidation sites excluding steroid dienone is 8. The molecule has 2 N–H and O–H groups in total. The first-order chi connectivity index (χ1) is 23.5. The van der Waals surface area contributed by atoms with Crippen LogP contribution in [-0.2, 0) is 32.9 Å². The van der Waals surface area contributed by atoms with Crippen molar-refractivity contribution < 1.29 is 42.7 Å². The highest BCUT2D eigenvalue weighted by molar-refractivity contribution is 7.46. The predicted molar refractivity (Wildman–Crippen MR) is 198 cm³/mol. The zero-order chi connectivity index (χ0) is 36.4. The molecular formula is C39H67O9P. The normalized spacial score (nSPS) is 13.0. The van der Waals surface area contributed by atoms with Crippen LogP contribution in [0.15, 0.2) is 48.6 Å². The lowest BCUT2D eigenvalue weighted by atomic mass is 10.0. The van der Waals surface area contributed by atoms with Gasteiger partial charge in [0.05, 0.1) is 6.61 Å². The highest BCUT2D eigenvalue weighted by Crippen LogP contribution is 2.36. The number of unbranched alkanes of at least 4 members (excludes halogenated alkanes) is 12. The van der Waals surface area contributed by atoms with Crippen LogP contribution in [0.1, 0.15) is 156 Å². The van der Waals surface area contributed by atoms with Crippen LogP contribution in [0.5, 0.6) is 0 Å². The van der Waals surface area contributed by atoms with Crippen molar-refractivity contribution in [3.8, 4) is 0 Å². The van der Waals surface area contributed by atoms with Crippen LogP contribution in [0.3, 0.4) is 0 Å². The molecule has 0 aromatic rings. The zero-order valence-corrected chi connectivity index (χ0v) is 31.6. The van der Waals surface area contributed by atoms with E-state index < -0.39 is 39.1 Å². The fourth-order valence-electron chi connectivity index (χ4n) is 4.92. The number of esters is 2. The Kier molecular flexibility index (Phi) is 31.3. The molecule has 0 aliphatic rings. The molecule has 0 bridgehead atoms. The fraction of sp³-hybridized carbons (Fsp3) is 0.718. The zero-order valence-electron chi connectivity index (χ0n) is 30.7. The van der Waals surface area contributed by atoms with Crippen molar-refractivity contribution in [2.24, 2.45) is 5.92 Å². The van der Waals surface area contributed by atoms with Gasteiger partial charge in [0, 0.05) is 19.3 Å². The van der Waals surface area contributed by atoms with E-state index in [1.54, 1.807) is 6.08 Å². The molecule has 0 aromatic heterocycles. The van der Waals surface area contributed by atoms with Crippen molar-refractivity contribution in [3.05, 3.63) is 48.6 Å². The van der Waals surface area contributed by atoms with E-state index in [0.29, 0.717) is 6.42 Å². The SMILES string of the molecule is CCCCC/C=C\C/C=C\C/C=C\C=C\C(=O)CCCC(=O)OC[C@H](COP(=O)(O)O)OC(=O)CCCCCCCCCCCCC(C)C. The van der Waals surface area contributed by atoms with Crippen LogP contribution in [-0.4, -0.2) is 46.8 Å². The van der Waals surface area contributed by atoms with Gasteiger partial charge in [0.1, 0.15) is 6.61 Å². The second-order valence-electron chi connectivity index (χ2n) is 13.1. The molecule has 0 aliphatic carbocycles. The van der Waals surface area contributed by atoms with Gasteiger partial charge in [-0.2, -0.15) is 0 Å². The van der Waals surface area contributed by atoms with Crippen molar-refractivity contribution in [1.82, 2.24) is 0 Å². The van der Waals surface area contributed by atoms with Gasteiger partial charge in [-0.05, 0) is 50.5 Å². The second kappa shape index (κ2) is 32.9. The Balaban J connectivity index is 4.19. The van der Waals surface area contributed by atoms with Gasteiger partial charge in [-0.3, -0.25) is 18.9 Å². The molecule has 10 heteroatoms. The van der Waals surface area contributed by atoms with Gasteiger partial charge in [0.25, 0.3) is 0 Å². The number of phosphoric acid groups is 1. The van der Waals surface area contributed by atoms with E-state index in [9.17, 15) is 18.9 Å². The third-order valence-electron chi connectivity index (χ3n) is 7.75. The topological polar surface area (TPSA) is 136 Å². The largest absolute Gasteiger partial charge is 0.469 e. The van der Waals surface area contributed by atoms with Crippen LogP contribution >= 0.6 is 7.82 Å². The smallest absolute Gasteiger partial charge is 0.462 e. The summed E-state index contributed by atoms with van der Waals surface area (Å²) in [4.78, 5) is 54.7. The Morgan fingerprint density at radius 2 is 1.24 bits per heavy atom. The van der Waals surface area contributed by atoms with E-state index in [2.05, 4.69) is 49.6 Å². The first kappa shape index (κ1) is 46.7. The molecule has 0 amide bonds. The van der Waals surface area contributed by atoms with Crippen LogP contribution < -0.4 is 0 Å². The highest BCUT2D eigenvalue weighted by atomic mass is 31.2. The van der Waals surface area contributed by atoms with Gasteiger partial charge >= 0.3 is 19.8 Å². The molecule has 0 radical (unpaired) electrons. The maximum Gasteiger partial charge on any atom is 0.469 e. The Labute approximate surface area is 297 Å². The van der Waals surface area contributed by atoms with Crippen molar-refractivity contribution in [2.75, 3.05) is 13.2 Å². The van der Waals surface area contributed by atoms with Crippen molar-refractivity contribution in [3.63, 3.8) is 0 Å². The minimum absolute atomic E-state index is 0.0224. The van der Waals surface area contributed by atoms with Gasteiger partial charge < -0.3 is 19.3 Å². The van der Waals surface area contributed by atoms with Gasteiger partial charge in [0.15, 0.2) is 11.9 Å². The van der Waals surface area contributed by atoms with Crippen LogP contribution in [0.4, 0.5) is 0 Å². The average molecular weight is 711 g/mol. The second-order valence-corrected chi connectivity index (χ2v) is 14.3. The summed E-state index contributed by atoms with van der Waals surface area (Å²) < 4.78 is 26.1. The van der Waals surface area contributed by atoms with Crippen molar-refractivity contribution in [1.29, 1.82) is 0 Å². The lowest BCUT2D eigenvalue weighted by Crippen LogP contribution is -2.29. The minimum atomic E-state index is -4.80. The summed E-state index contributed by atoms with van der Waals surface area (Å²) in [5.41, 5.74) is 0. The maximum absolute atomic E-state index is 12.3. The molecule has 49 heavy (non-hydrogen) atoms. The van der Waals surface area contributed by atoms with Gasteiger partial charge in [0.2, 0.25) is 0 Å². The molecule has 0 heterocycles. The van der Waals surface area contributed by atoms with E-state index in [4.69, 9.17) is 19.3 Å². The summed E-state index contributed by atoms with van der Waals surface area (Å²) in [7, 11) is -4.80. The highest BCUT2D eigenvalue weighted by Gasteiger charge is 2.23. The molecule has 9 nitrogen and oxygen atoms in total. The summed E-state index contributed by atoms with van der Waals surface area (Å²) in [5, 5.41) is 0. The molecule has 0 aliphatic heterocycles. The van der Waals surface area contributed by atoms with Crippen LogP contribution in [0.2, 0.25) is 0 Å². The fourth-order valence-corrected chi connectivity index (χ4v) is 5.28. The quantitative estimate of drug-likeness (QED) is 0.0170. The third-order valence-corrected chi connectivity index (χ3v) is 8.24. The molecule has 1 atom stereocenters. The maximum atomic E-state index is 12.3. The van der Waals surface area contributed by atoms with Gasteiger partial charge in [-0.1, -0.05) is 140 Å². The summed E-state index contributed by atoms with van der Waals surface area (Å²) >= 11 is 0. The number of ether oxygens (including phenoxy) is 2. The molecular weight excluding hydrogens is 643 g/mol.